The number of halogens is 1. The van der Waals surface area contributed by atoms with Crippen LogP contribution in [0.4, 0.5) is 5.82 Å². The smallest absolute Gasteiger partial charge is 0.244 e. The Bertz CT molecular complexity index is 1020. The molecule has 3 aromatic rings. The monoisotopic (exact) mass is 389 g/mol. The highest BCUT2D eigenvalue weighted by Gasteiger charge is 2.25. The molecule has 0 atom stereocenters. The van der Waals surface area contributed by atoms with Gasteiger partial charge in [0.1, 0.15) is 5.82 Å². The number of nitrogens with zero attached hydrogens (tertiary/aromatic N) is 2. The molecule has 1 aliphatic rings. The van der Waals surface area contributed by atoms with Gasteiger partial charge in [-0.15, -0.1) is 0 Å². The van der Waals surface area contributed by atoms with E-state index in [9.17, 15) is 8.42 Å². The van der Waals surface area contributed by atoms with Crippen LogP contribution in [0.1, 0.15) is 5.56 Å². The van der Waals surface area contributed by atoms with E-state index in [0.29, 0.717) is 5.02 Å². The second-order valence-electron chi connectivity index (χ2n) is 6.45. The molecule has 1 saturated heterocycles. The van der Waals surface area contributed by atoms with E-state index in [1.165, 1.54) is 3.97 Å². The van der Waals surface area contributed by atoms with Crippen molar-refractivity contribution in [3.05, 3.63) is 65.2 Å². The summed E-state index contributed by atoms with van der Waals surface area (Å²) >= 11 is 5.92. The molecule has 1 N–H and O–H groups in total. The Balaban J connectivity index is 1.81. The van der Waals surface area contributed by atoms with Gasteiger partial charge in [0.05, 0.1) is 11.3 Å². The van der Waals surface area contributed by atoms with Gasteiger partial charge in [-0.3, -0.25) is 0 Å². The molecule has 136 valence electrons. The molecule has 0 saturated carbocycles. The van der Waals surface area contributed by atoms with Gasteiger partial charge in [-0.2, -0.15) is 0 Å². The van der Waals surface area contributed by atoms with E-state index in [1.54, 1.807) is 24.3 Å². The normalized spacial score (nSPS) is 15.5. The van der Waals surface area contributed by atoms with Crippen LogP contribution in [0.5, 0.6) is 0 Å². The van der Waals surface area contributed by atoms with Gasteiger partial charge in [0.2, 0.25) is 10.0 Å². The van der Waals surface area contributed by atoms with Crippen LogP contribution >= 0.6 is 11.6 Å². The first-order valence-electron chi connectivity index (χ1n) is 8.58. The molecule has 26 heavy (non-hydrogen) atoms. The summed E-state index contributed by atoms with van der Waals surface area (Å²) in [5.74, 6) is 0.670. The minimum atomic E-state index is -3.58. The summed E-state index contributed by atoms with van der Waals surface area (Å²) in [5.41, 5.74) is 1.44. The molecule has 2 aromatic carbocycles. The van der Waals surface area contributed by atoms with E-state index in [1.807, 2.05) is 30.3 Å². The van der Waals surface area contributed by atoms with Crippen molar-refractivity contribution in [3.8, 4) is 0 Å². The molecule has 0 aliphatic carbocycles. The molecule has 1 aliphatic heterocycles. The summed E-state index contributed by atoms with van der Waals surface area (Å²) in [6, 6.07) is 16.6. The molecule has 0 unspecified atom stereocenters. The molecule has 0 spiro atoms. The second kappa shape index (κ2) is 6.95. The summed E-state index contributed by atoms with van der Waals surface area (Å²) in [6.07, 6.45) is 0. The van der Waals surface area contributed by atoms with Gasteiger partial charge >= 0.3 is 0 Å². The standard InChI is InChI=1S/C19H20ClN3O2S/c20-17-7-5-15(6-8-17)14-26(24,25)23-18-4-2-1-3-16(18)13-19(23)22-11-9-21-10-12-22/h1-8,13,21H,9-12,14H2. The van der Waals surface area contributed by atoms with Gasteiger partial charge in [-0.05, 0) is 29.8 Å². The number of piperazine rings is 1. The Kier molecular flexibility index (Phi) is 4.65. The van der Waals surface area contributed by atoms with E-state index in [4.69, 9.17) is 11.6 Å². The zero-order valence-electron chi connectivity index (χ0n) is 14.2. The molecule has 5 nitrogen and oxygen atoms in total. The first-order chi connectivity index (χ1) is 12.5. The lowest BCUT2D eigenvalue weighted by atomic mass is 10.2. The molecule has 1 aromatic heterocycles. The number of benzene rings is 2. The van der Waals surface area contributed by atoms with Crippen molar-refractivity contribution in [2.45, 2.75) is 5.75 Å². The topological polar surface area (TPSA) is 54.3 Å². The van der Waals surface area contributed by atoms with Gasteiger partial charge < -0.3 is 10.2 Å². The summed E-state index contributed by atoms with van der Waals surface area (Å²) in [6.45, 7) is 3.26. The van der Waals surface area contributed by atoms with Gasteiger partial charge in [-0.1, -0.05) is 41.9 Å². The maximum atomic E-state index is 13.3. The molecular formula is C19H20ClN3O2S. The fraction of sp³-hybridized carbons (Fsp3) is 0.263. The maximum absolute atomic E-state index is 13.3. The van der Waals surface area contributed by atoms with Crippen LogP contribution in [-0.4, -0.2) is 38.6 Å². The Morgan fingerprint density at radius 3 is 2.42 bits per heavy atom. The van der Waals surface area contributed by atoms with E-state index in [2.05, 4.69) is 10.2 Å². The van der Waals surface area contributed by atoms with Crippen molar-refractivity contribution < 1.29 is 8.42 Å². The van der Waals surface area contributed by atoms with Crippen molar-refractivity contribution in [1.82, 2.24) is 9.29 Å². The lowest BCUT2D eigenvalue weighted by Gasteiger charge is -2.30. The molecule has 2 heterocycles. The van der Waals surface area contributed by atoms with Gasteiger partial charge in [0.15, 0.2) is 0 Å². The number of fused-ring (bicyclic) bond motifs is 1. The molecule has 0 amide bonds. The Hall–Kier alpha value is -2.02. The molecule has 0 bridgehead atoms. The number of rotatable bonds is 4. The zero-order chi connectivity index (χ0) is 18.1. The Morgan fingerprint density at radius 1 is 1.00 bits per heavy atom. The lowest BCUT2D eigenvalue weighted by Crippen LogP contribution is -2.44. The highest BCUT2D eigenvalue weighted by molar-refractivity contribution is 7.89. The first kappa shape index (κ1) is 17.4. The minimum absolute atomic E-state index is 0.0675. The number of aromatic nitrogens is 1. The third-order valence-corrected chi connectivity index (χ3v) is 6.52. The average Bonchev–Trinajstić information content (AvgIpc) is 3.05. The van der Waals surface area contributed by atoms with E-state index in [0.717, 1.165) is 48.5 Å². The SMILES string of the molecule is O=S(=O)(Cc1ccc(Cl)cc1)n1c(N2CCNCC2)cc2ccccc21. The first-order valence-corrected chi connectivity index (χ1v) is 10.6. The average molecular weight is 390 g/mol. The third kappa shape index (κ3) is 3.32. The van der Waals surface area contributed by atoms with Gasteiger partial charge in [-0.25, -0.2) is 12.4 Å². The Morgan fingerprint density at radius 2 is 1.69 bits per heavy atom. The number of hydrogen-bond donors (Lipinski definition) is 1. The molecule has 1 fully saturated rings. The predicted octanol–water partition coefficient (Wildman–Crippen LogP) is 3.08. The van der Waals surface area contributed by atoms with Crippen molar-refractivity contribution >= 4 is 38.3 Å². The zero-order valence-corrected chi connectivity index (χ0v) is 15.8. The van der Waals surface area contributed by atoms with Crippen molar-refractivity contribution in [2.24, 2.45) is 0 Å². The number of anilines is 1. The number of para-hydroxylation sites is 1. The third-order valence-electron chi connectivity index (χ3n) is 4.63. The quantitative estimate of drug-likeness (QED) is 0.745. The Labute approximate surface area is 158 Å². The van der Waals surface area contributed by atoms with E-state index < -0.39 is 10.0 Å². The van der Waals surface area contributed by atoms with Gasteiger partial charge in [0, 0.05) is 36.6 Å². The largest absolute Gasteiger partial charge is 0.355 e. The molecule has 7 heteroatoms. The lowest BCUT2D eigenvalue weighted by molar-refractivity contribution is 0.572. The maximum Gasteiger partial charge on any atom is 0.244 e. The summed E-state index contributed by atoms with van der Waals surface area (Å²) in [7, 11) is -3.58. The minimum Gasteiger partial charge on any atom is -0.355 e. The second-order valence-corrected chi connectivity index (χ2v) is 8.70. The van der Waals surface area contributed by atoms with Gasteiger partial charge in [0.25, 0.3) is 0 Å². The van der Waals surface area contributed by atoms with Crippen LogP contribution in [0.25, 0.3) is 10.9 Å². The summed E-state index contributed by atoms with van der Waals surface area (Å²) in [5, 5.41) is 4.84. The van der Waals surface area contributed by atoms with Crippen LogP contribution in [0.15, 0.2) is 54.6 Å². The number of hydrogen-bond acceptors (Lipinski definition) is 4. The van der Waals surface area contributed by atoms with Crippen LogP contribution in [0.2, 0.25) is 5.02 Å². The van der Waals surface area contributed by atoms with E-state index >= 15 is 0 Å². The highest BCUT2D eigenvalue weighted by atomic mass is 35.5. The van der Waals surface area contributed by atoms with Crippen molar-refractivity contribution in [1.29, 1.82) is 0 Å². The number of nitrogens with one attached hydrogen (secondary N) is 1. The van der Waals surface area contributed by atoms with E-state index in [-0.39, 0.29) is 5.75 Å². The van der Waals surface area contributed by atoms with Crippen LogP contribution in [0.3, 0.4) is 0 Å². The van der Waals surface area contributed by atoms with Crippen molar-refractivity contribution in [3.63, 3.8) is 0 Å². The summed E-state index contributed by atoms with van der Waals surface area (Å²) in [4.78, 5) is 2.13. The molecule has 4 rings (SSSR count). The fourth-order valence-electron chi connectivity index (χ4n) is 3.38. The molecular weight excluding hydrogens is 370 g/mol. The highest BCUT2D eigenvalue weighted by Crippen LogP contribution is 2.30. The van der Waals surface area contributed by atoms with Crippen LogP contribution in [0, 0.1) is 0 Å². The van der Waals surface area contributed by atoms with Crippen molar-refractivity contribution in [2.75, 3.05) is 31.1 Å². The van der Waals surface area contributed by atoms with Crippen LogP contribution < -0.4 is 10.2 Å². The summed E-state index contributed by atoms with van der Waals surface area (Å²) < 4.78 is 28.1. The molecule has 0 radical (unpaired) electrons. The predicted molar refractivity (Wildman–Crippen MR) is 106 cm³/mol. The fourth-order valence-corrected chi connectivity index (χ4v) is 5.17. The van der Waals surface area contributed by atoms with Crippen LogP contribution in [-0.2, 0) is 15.8 Å².